The van der Waals surface area contributed by atoms with E-state index in [0.29, 0.717) is 5.56 Å². The van der Waals surface area contributed by atoms with Gasteiger partial charge in [0, 0.05) is 0 Å². The summed E-state index contributed by atoms with van der Waals surface area (Å²) in [5.41, 5.74) is 4.14. The number of halogens is 2. The molecule has 0 aromatic heterocycles. The molecule has 0 N–H and O–H groups in total. The van der Waals surface area contributed by atoms with Gasteiger partial charge < -0.3 is 0 Å². The Bertz CT molecular complexity index is 1160. The molecule has 41 heavy (non-hydrogen) atoms. The molecule has 0 fully saturated rings. The molecular weight excluding hydrogens is 508 g/mol. The van der Waals surface area contributed by atoms with Crippen LogP contribution >= 0.6 is 0 Å². The normalized spacial score (nSPS) is 7.63. The molecule has 0 spiro atoms. The number of hydrogen-bond acceptors (Lipinski definition) is 1. The van der Waals surface area contributed by atoms with Gasteiger partial charge in [0.1, 0.15) is 17.7 Å². The summed E-state index contributed by atoms with van der Waals surface area (Å²) in [5.74, 6) is 10.1. The first-order chi connectivity index (χ1) is 19.9. The molecule has 0 amide bonds. The average Bonchev–Trinajstić information content (AvgIpc) is 3.06. The third kappa shape index (κ3) is 23.7. The van der Waals surface area contributed by atoms with Crippen LogP contribution in [0.2, 0.25) is 0 Å². The highest BCUT2D eigenvalue weighted by Gasteiger charge is 2.00. The summed E-state index contributed by atoms with van der Waals surface area (Å²) in [7, 11) is 0. The molecule has 0 radical (unpaired) electrons. The van der Waals surface area contributed by atoms with Crippen LogP contribution in [0.15, 0.2) is 66.7 Å². The highest BCUT2D eigenvalue weighted by molar-refractivity contribution is 5.38. The zero-order chi connectivity index (χ0) is 32.5. The zero-order valence-electron chi connectivity index (χ0n) is 27.7. The minimum Gasteiger partial charge on any atom is -0.206 e. The second-order valence-electron chi connectivity index (χ2n) is 7.16. The fourth-order valence-electron chi connectivity index (χ4n) is 2.61. The van der Waals surface area contributed by atoms with Crippen molar-refractivity contribution >= 4 is 0 Å². The van der Waals surface area contributed by atoms with Crippen molar-refractivity contribution in [1.29, 1.82) is 5.26 Å². The predicted molar refractivity (Wildman–Crippen MR) is 178 cm³/mol. The van der Waals surface area contributed by atoms with Gasteiger partial charge in [-0.25, -0.2) is 8.78 Å². The Morgan fingerprint density at radius 2 is 0.927 bits per heavy atom. The first-order valence-electron chi connectivity index (χ1n) is 14.7. The molecule has 0 aliphatic rings. The smallest absolute Gasteiger partial charge is 0.140 e. The van der Waals surface area contributed by atoms with Gasteiger partial charge in [0.25, 0.3) is 0 Å². The van der Waals surface area contributed by atoms with E-state index in [0.717, 1.165) is 30.4 Å². The third-order valence-corrected chi connectivity index (χ3v) is 4.76. The van der Waals surface area contributed by atoms with Crippen LogP contribution in [-0.4, -0.2) is 0 Å². The fourth-order valence-corrected chi connectivity index (χ4v) is 2.61. The Hall–Kier alpha value is -3.87. The van der Waals surface area contributed by atoms with Crippen LogP contribution in [0, 0.1) is 46.6 Å². The summed E-state index contributed by atoms with van der Waals surface area (Å²) in [6.07, 6.45) is 2.88. The van der Waals surface area contributed by atoms with Gasteiger partial charge in [0.15, 0.2) is 0 Å². The van der Waals surface area contributed by atoms with Crippen LogP contribution in [0.3, 0.4) is 0 Å². The molecule has 0 aliphatic heterocycles. The monoisotopic (exact) mass is 561 g/mol. The molecule has 0 bridgehead atoms. The number of rotatable bonds is 3. The van der Waals surface area contributed by atoms with Crippen molar-refractivity contribution in [2.75, 3.05) is 0 Å². The third-order valence-electron chi connectivity index (χ3n) is 4.76. The molecule has 3 aromatic rings. The molecule has 0 heterocycles. The lowest BCUT2D eigenvalue weighted by molar-refractivity contribution is 0.623. The van der Waals surface area contributed by atoms with Crippen molar-refractivity contribution in [3.63, 3.8) is 0 Å². The van der Waals surface area contributed by atoms with E-state index >= 15 is 0 Å². The molecule has 0 aliphatic carbocycles. The van der Waals surface area contributed by atoms with E-state index in [4.69, 9.17) is 5.26 Å². The Kier molecular flexibility index (Phi) is 36.8. The highest BCUT2D eigenvalue weighted by Crippen LogP contribution is 2.10. The van der Waals surface area contributed by atoms with Crippen LogP contribution in [-0.2, 0) is 19.3 Å². The first-order valence-corrected chi connectivity index (χ1v) is 14.7. The Morgan fingerprint density at radius 3 is 1.24 bits per heavy atom. The van der Waals surface area contributed by atoms with Crippen molar-refractivity contribution in [1.82, 2.24) is 0 Å². The maximum atomic E-state index is 13.0. The van der Waals surface area contributed by atoms with E-state index in [1.165, 1.54) is 17.7 Å². The largest absolute Gasteiger partial charge is 0.206 e. The van der Waals surface area contributed by atoms with Crippen molar-refractivity contribution in [3.05, 3.63) is 106 Å². The summed E-state index contributed by atoms with van der Waals surface area (Å²) < 4.78 is 25.7. The summed E-state index contributed by atoms with van der Waals surface area (Å²) >= 11 is 0. The predicted octanol–water partition coefficient (Wildman–Crippen LogP) is 11.4. The number of benzene rings is 3. The quantitative estimate of drug-likeness (QED) is 0.292. The molecule has 0 saturated heterocycles. The Balaban J connectivity index is -0.000000218. The molecule has 3 rings (SSSR count). The van der Waals surface area contributed by atoms with Crippen LogP contribution < -0.4 is 0 Å². The maximum Gasteiger partial charge on any atom is 0.140 e. The van der Waals surface area contributed by atoms with E-state index < -0.39 is 5.82 Å². The number of nitriles is 1. The standard InChI is InChI=1S/C11H11F.C9H8FN.C8H10.C4H6.3C2H6/c1-3-5-10-8-9(4-2)6-7-11(10)12;1-2-7-3-4-9(10)8(5-7)6-11;1-2-8-6-4-3-5-7-8;1-3-4-2;3*1-2/h6-8H,4H2,1-2H3;3-5H,2H2,1H3;3-7H,2H2,1H3;1-2H3;3*1-2H3. The van der Waals surface area contributed by atoms with Crippen LogP contribution in [0.4, 0.5) is 8.78 Å². The molecule has 0 atom stereocenters. The van der Waals surface area contributed by atoms with Crippen LogP contribution in [0.5, 0.6) is 0 Å². The fraction of sp³-hybridized carbons (Fsp3) is 0.395. The summed E-state index contributed by atoms with van der Waals surface area (Å²) in [6.45, 7) is 23.5. The molecule has 3 aromatic carbocycles. The molecular formula is C38H53F2N. The van der Waals surface area contributed by atoms with Gasteiger partial charge in [-0.3, -0.25) is 0 Å². The number of nitrogens with zero attached hydrogens (tertiary/aromatic N) is 1. The molecule has 3 heteroatoms. The minimum atomic E-state index is -0.440. The molecule has 1 nitrogen and oxygen atoms in total. The number of hydrogen-bond donors (Lipinski definition) is 0. The summed E-state index contributed by atoms with van der Waals surface area (Å²) in [6, 6.07) is 21.9. The van der Waals surface area contributed by atoms with Crippen molar-refractivity contribution in [2.24, 2.45) is 0 Å². The maximum absolute atomic E-state index is 13.0. The van der Waals surface area contributed by atoms with E-state index in [1.807, 2.05) is 75.3 Å². The van der Waals surface area contributed by atoms with Gasteiger partial charge in [0.05, 0.1) is 11.1 Å². The van der Waals surface area contributed by atoms with Gasteiger partial charge in [-0.1, -0.05) is 111 Å². The van der Waals surface area contributed by atoms with Crippen molar-refractivity contribution in [3.8, 4) is 29.8 Å². The van der Waals surface area contributed by atoms with Crippen LogP contribution in [0.25, 0.3) is 0 Å². The second-order valence-corrected chi connectivity index (χ2v) is 7.16. The van der Waals surface area contributed by atoms with Gasteiger partial charge in [-0.2, -0.15) is 5.26 Å². The van der Waals surface area contributed by atoms with Crippen molar-refractivity contribution in [2.45, 2.75) is 102 Å². The molecule has 224 valence electrons. The van der Waals surface area contributed by atoms with E-state index in [9.17, 15) is 8.78 Å². The second kappa shape index (κ2) is 34.2. The zero-order valence-corrected chi connectivity index (χ0v) is 27.7. The van der Waals surface area contributed by atoms with Gasteiger partial charge in [0.2, 0.25) is 0 Å². The van der Waals surface area contributed by atoms with Gasteiger partial charge in [-0.05, 0) is 81.0 Å². The SMILES string of the molecule is CC.CC.CC.CC#CC.CC#Cc1cc(CC)ccc1F.CCc1ccc(F)c(C#N)c1.CCc1ccccc1. The van der Waals surface area contributed by atoms with Gasteiger partial charge in [-0.15, -0.1) is 17.8 Å². The topological polar surface area (TPSA) is 23.8 Å². The average molecular weight is 562 g/mol. The van der Waals surface area contributed by atoms with Gasteiger partial charge >= 0.3 is 0 Å². The lowest BCUT2D eigenvalue weighted by Crippen LogP contribution is -1.87. The summed E-state index contributed by atoms with van der Waals surface area (Å²) in [4.78, 5) is 0. The number of aryl methyl sites for hydroxylation is 3. The lowest BCUT2D eigenvalue weighted by atomic mass is 10.1. The lowest BCUT2D eigenvalue weighted by Gasteiger charge is -1.98. The molecule has 0 saturated carbocycles. The van der Waals surface area contributed by atoms with Crippen LogP contribution in [0.1, 0.15) is 111 Å². The van der Waals surface area contributed by atoms with Crippen molar-refractivity contribution < 1.29 is 8.78 Å². The summed E-state index contributed by atoms with van der Waals surface area (Å²) in [5, 5.41) is 8.45. The Morgan fingerprint density at radius 1 is 0.537 bits per heavy atom. The minimum absolute atomic E-state index is 0.129. The first kappa shape index (κ1) is 44.2. The highest BCUT2D eigenvalue weighted by atomic mass is 19.1. The van der Waals surface area contributed by atoms with E-state index in [1.54, 1.807) is 37.3 Å². The molecule has 0 unspecified atom stereocenters. The Labute approximate surface area is 252 Å². The van der Waals surface area contributed by atoms with E-state index in [-0.39, 0.29) is 11.4 Å². The van der Waals surface area contributed by atoms with E-state index in [2.05, 4.69) is 54.9 Å².